The number of hydrogen-bond donors (Lipinski definition) is 1. The molecule has 3 aromatic rings. The summed E-state index contributed by atoms with van der Waals surface area (Å²) in [6.45, 7) is 6.17. The van der Waals surface area contributed by atoms with Gasteiger partial charge >= 0.3 is 6.03 Å². The maximum absolute atomic E-state index is 13.2. The van der Waals surface area contributed by atoms with Crippen molar-refractivity contribution in [1.82, 2.24) is 4.90 Å². The molecule has 0 aromatic heterocycles. The molecular formula is C26H27N3O2. The average Bonchev–Trinajstić information content (AvgIpc) is 2.75. The summed E-state index contributed by atoms with van der Waals surface area (Å²) in [4.78, 5) is 29.4. The van der Waals surface area contributed by atoms with E-state index in [1.54, 1.807) is 17.0 Å². The third-order valence-corrected chi connectivity index (χ3v) is 5.42. The molecule has 5 heteroatoms. The predicted octanol–water partition coefficient (Wildman–Crippen LogP) is 5.39. The summed E-state index contributed by atoms with van der Waals surface area (Å²) in [5, 5.41) is 2.93. The smallest absolute Gasteiger partial charge is 0.322 e. The van der Waals surface area contributed by atoms with Crippen molar-refractivity contribution in [2.75, 3.05) is 23.3 Å². The second-order valence-electron chi connectivity index (χ2n) is 8.08. The Morgan fingerprint density at radius 1 is 0.903 bits per heavy atom. The van der Waals surface area contributed by atoms with Crippen LogP contribution < -0.4 is 10.2 Å². The highest BCUT2D eigenvalue weighted by Gasteiger charge is 2.27. The van der Waals surface area contributed by atoms with Crippen molar-refractivity contribution in [1.29, 1.82) is 0 Å². The summed E-state index contributed by atoms with van der Waals surface area (Å²) in [6, 6.07) is 23.0. The van der Waals surface area contributed by atoms with Crippen LogP contribution in [-0.2, 0) is 6.54 Å². The molecule has 1 fully saturated rings. The first-order valence-electron chi connectivity index (χ1n) is 10.6. The maximum Gasteiger partial charge on any atom is 0.324 e. The molecular weight excluding hydrogens is 386 g/mol. The number of carbonyl (C=O) groups is 2. The highest BCUT2D eigenvalue weighted by Crippen LogP contribution is 2.25. The lowest BCUT2D eigenvalue weighted by Gasteiger charge is -2.36. The number of carbonyl (C=O) groups excluding carboxylic acids is 2. The lowest BCUT2D eigenvalue weighted by Crippen LogP contribution is -2.49. The second-order valence-corrected chi connectivity index (χ2v) is 8.08. The molecule has 1 N–H and O–H groups in total. The van der Waals surface area contributed by atoms with Crippen LogP contribution in [0.5, 0.6) is 0 Å². The van der Waals surface area contributed by atoms with Crippen molar-refractivity contribution in [3.63, 3.8) is 0 Å². The highest BCUT2D eigenvalue weighted by molar-refractivity contribution is 6.04. The number of urea groups is 1. The number of rotatable bonds is 5. The predicted molar refractivity (Wildman–Crippen MR) is 125 cm³/mol. The van der Waals surface area contributed by atoms with Crippen LogP contribution in [-0.4, -0.2) is 29.9 Å². The molecule has 0 bridgehead atoms. The SMILES string of the molecule is Cc1cc(C)cc(CN2CCCN(c3cccc(NC(=O)c4ccccc4)c3)C2=O)c1. The van der Waals surface area contributed by atoms with Crippen LogP contribution in [0.4, 0.5) is 16.2 Å². The zero-order chi connectivity index (χ0) is 21.8. The molecule has 0 aliphatic carbocycles. The van der Waals surface area contributed by atoms with Crippen LogP contribution in [0, 0.1) is 13.8 Å². The molecule has 158 valence electrons. The molecule has 0 radical (unpaired) electrons. The van der Waals surface area contributed by atoms with E-state index < -0.39 is 0 Å². The average molecular weight is 414 g/mol. The van der Waals surface area contributed by atoms with E-state index >= 15 is 0 Å². The number of nitrogens with one attached hydrogen (secondary N) is 1. The molecule has 31 heavy (non-hydrogen) atoms. The van der Waals surface area contributed by atoms with Gasteiger partial charge in [0.05, 0.1) is 0 Å². The van der Waals surface area contributed by atoms with Crippen LogP contribution in [0.15, 0.2) is 72.8 Å². The number of amides is 3. The van der Waals surface area contributed by atoms with Gasteiger partial charge in [0.25, 0.3) is 5.91 Å². The number of hydrogen-bond acceptors (Lipinski definition) is 2. The molecule has 5 nitrogen and oxygen atoms in total. The fourth-order valence-electron chi connectivity index (χ4n) is 4.09. The summed E-state index contributed by atoms with van der Waals surface area (Å²) in [7, 11) is 0. The van der Waals surface area contributed by atoms with Gasteiger partial charge in [0, 0.05) is 36.6 Å². The van der Waals surface area contributed by atoms with Crippen LogP contribution in [0.25, 0.3) is 0 Å². The fourth-order valence-corrected chi connectivity index (χ4v) is 4.09. The van der Waals surface area contributed by atoms with Gasteiger partial charge < -0.3 is 10.2 Å². The van der Waals surface area contributed by atoms with E-state index in [0.29, 0.717) is 24.3 Å². The van der Waals surface area contributed by atoms with Crippen molar-refractivity contribution in [3.8, 4) is 0 Å². The Morgan fingerprint density at radius 3 is 2.39 bits per heavy atom. The van der Waals surface area contributed by atoms with E-state index in [9.17, 15) is 9.59 Å². The number of benzene rings is 3. The summed E-state index contributed by atoms with van der Waals surface area (Å²) < 4.78 is 0. The van der Waals surface area contributed by atoms with Gasteiger partial charge in [-0.15, -0.1) is 0 Å². The quantitative estimate of drug-likeness (QED) is 0.610. The highest BCUT2D eigenvalue weighted by atomic mass is 16.2. The molecule has 1 aliphatic rings. The lowest BCUT2D eigenvalue weighted by molar-refractivity contribution is 0.102. The van der Waals surface area contributed by atoms with E-state index in [2.05, 4.69) is 37.4 Å². The largest absolute Gasteiger partial charge is 0.324 e. The first-order chi connectivity index (χ1) is 15.0. The molecule has 4 rings (SSSR count). The molecule has 1 saturated heterocycles. The first kappa shape index (κ1) is 20.7. The van der Waals surface area contributed by atoms with Crippen molar-refractivity contribution in [2.24, 2.45) is 0 Å². The Bertz CT molecular complexity index is 1070. The van der Waals surface area contributed by atoms with Crippen LogP contribution in [0.2, 0.25) is 0 Å². The van der Waals surface area contributed by atoms with E-state index in [4.69, 9.17) is 0 Å². The molecule has 0 spiro atoms. The van der Waals surface area contributed by atoms with Gasteiger partial charge in [0.1, 0.15) is 0 Å². The number of nitrogens with zero attached hydrogens (tertiary/aromatic N) is 2. The second kappa shape index (κ2) is 9.04. The third-order valence-electron chi connectivity index (χ3n) is 5.42. The topological polar surface area (TPSA) is 52.6 Å². The monoisotopic (exact) mass is 413 g/mol. The van der Waals surface area contributed by atoms with Crippen LogP contribution in [0.3, 0.4) is 0 Å². The van der Waals surface area contributed by atoms with Crippen molar-refractivity contribution >= 4 is 23.3 Å². The Balaban J connectivity index is 1.49. The fraction of sp³-hybridized carbons (Fsp3) is 0.231. The third kappa shape index (κ3) is 4.94. The minimum absolute atomic E-state index is 0.00283. The van der Waals surface area contributed by atoms with Crippen molar-refractivity contribution in [3.05, 3.63) is 95.1 Å². The van der Waals surface area contributed by atoms with Crippen LogP contribution >= 0.6 is 0 Å². The van der Waals surface area contributed by atoms with Crippen LogP contribution in [0.1, 0.15) is 33.5 Å². The first-order valence-corrected chi connectivity index (χ1v) is 10.6. The Labute approximate surface area is 183 Å². The zero-order valence-electron chi connectivity index (χ0n) is 18.0. The minimum Gasteiger partial charge on any atom is -0.322 e. The minimum atomic E-state index is -0.167. The van der Waals surface area contributed by atoms with Gasteiger partial charge in [-0.05, 0) is 56.2 Å². The Morgan fingerprint density at radius 2 is 1.65 bits per heavy atom. The van der Waals surface area contributed by atoms with E-state index in [1.807, 2.05) is 47.4 Å². The normalized spacial score (nSPS) is 13.9. The Kier molecular flexibility index (Phi) is 6.03. The van der Waals surface area contributed by atoms with Gasteiger partial charge in [0.2, 0.25) is 0 Å². The summed E-state index contributed by atoms with van der Waals surface area (Å²) >= 11 is 0. The number of anilines is 2. The molecule has 0 atom stereocenters. The van der Waals surface area contributed by atoms with Gasteiger partial charge in [0.15, 0.2) is 0 Å². The molecule has 3 aromatic carbocycles. The van der Waals surface area contributed by atoms with E-state index in [1.165, 1.54) is 11.1 Å². The van der Waals surface area contributed by atoms with Gasteiger partial charge in [-0.3, -0.25) is 9.69 Å². The molecule has 1 aliphatic heterocycles. The molecule has 0 saturated carbocycles. The van der Waals surface area contributed by atoms with Gasteiger partial charge in [-0.1, -0.05) is 53.6 Å². The maximum atomic E-state index is 13.2. The number of aryl methyl sites for hydroxylation is 2. The zero-order valence-corrected chi connectivity index (χ0v) is 18.0. The molecule has 3 amide bonds. The van der Waals surface area contributed by atoms with Gasteiger partial charge in [-0.25, -0.2) is 4.79 Å². The van der Waals surface area contributed by atoms with E-state index in [0.717, 1.165) is 24.2 Å². The standard InChI is InChI=1S/C26H27N3O2/c1-19-14-20(2)16-21(15-19)18-28-12-7-13-29(26(28)31)24-11-6-10-23(17-24)27-25(30)22-8-4-3-5-9-22/h3-6,8-11,14-17H,7,12-13,18H2,1-2H3,(H,27,30). The molecule has 0 unspecified atom stereocenters. The van der Waals surface area contributed by atoms with Gasteiger partial charge in [-0.2, -0.15) is 0 Å². The van der Waals surface area contributed by atoms with Crippen molar-refractivity contribution < 1.29 is 9.59 Å². The summed E-state index contributed by atoms with van der Waals surface area (Å²) in [5.41, 5.74) is 5.63. The Hall–Kier alpha value is -3.60. The van der Waals surface area contributed by atoms with E-state index in [-0.39, 0.29) is 11.9 Å². The van der Waals surface area contributed by atoms with Crippen molar-refractivity contribution in [2.45, 2.75) is 26.8 Å². The summed E-state index contributed by atoms with van der Waals surface area (Å²) in [6.07, 6.45) is 0.900. The lowest BCUT2D eigenvalue weighted by atomic mass is 10.1. The summed E-state index contributed by atoms with van der Waals surface area (Å²) in [5.74, 6) is -0.167. The molecule has 1 heterocycles.